The topological polar surface area (TPSA) is 46.4 Å². The van der Waals surface area contributed by atoms with Crippen molar-refractivity contribution in [3.05, 3.63) is 80.5 Å². The number of hydrogen-bond donors (Lipinski definition) is 0. The quantitative estimate of drug-likeness (QED) is 0.245. The average molecular weight is 551 g/mol. The van der Waals surface area contributed by atoms with Crippen molar-refractivity contribution in [2.24, 2.45) is 0 Å². The first-order valence-electron chi connectivity index (χ1n) is 7.30. The lowest BCUT2D eigenvalue weighted by Gasteiger charge is -2.39. The Kier molecular flexibility index (Phi) is 5.58. The van der Waals surface area contributed by atoms with Crippen LogP contribution in [0.3, 0.4) is 0 Å². The van der Waals surface area contributed by atoms with Crippen LogP contribution in [-0.2, 0) is 6.54 Å². The van der Waals surface area contributed by atoms with E-state index in [1.807, 2.05) is 24.4 Å². The van der Waals surface area contributed by atoms with Gasteiger partial charge in [0.05, 0.1) is 11.0 Å². The highest BCUT2D eigenvalue weighted by Gasteiger charge is 2.38. The third-order valence-corrected chi connectivity index (χ3v) is 5.64. The molecule has 8 heteroatoms. The number of nitro groups is 1. The maximum atomic E-state index is 11.1. The third kappa shape index (κ3) is 4.10. The van der Waals surface area contributed by atoms with E-state index in [4.69, 9.17) is 11.6 Å². The van der Waals surface area contributed by atoms with Gasteiger partial charge in [0.2, 0.25) is 0 Å². The molecule has 1 aliphatic heterocycles. The van der Waals surface area contributed by atoms with Gasteiger partial charge in [0, 0.05) is 29.9 Å². The minimum Gasteiger partial charge on any atom is -0.363 e. The summed E-state index contributed by atoms with van der Waals surface area (Å²) in [6, 6.07) is 12.5. The monoisotopic (exact) mass is 548 g/mol. The molecule has 2 aromatic carbocycles. The lowest BCUT2D eigenvalue weighted by atomic mass is 9.97. The Labute approximate surface area is 175 Å². The molecule has 0 radical (unpaired) electrons. The fourth-order valence-electron chi connectivity index (χ4n) is 2.85. The Morgan fingerprint density at radius 3 is 2.60 bits per heavy atom. The third-order valence-electron chi connectivity index (χ3n) is 3.97. The normalized spacial score (nSPS) is 16.6. The van der Waals surface area contributed by atoms with Crippen LogP contribution in [0.5, 0.6) is 0 Å². The molecule has 1 aliphatic rings. The first kappa shape index (κ1) is 18.9. The molecule has 3 rings (SSSR count). The Morgan fingerprint density at radius 1 is 1.20 bits per heavy atom. The van der Waals surface area contributed by atoms with E-state index in [0.717, 1.165) is 11.1 Å². The summed E-state index contributed by atoms with van der Waals surface area (Å²) in [4.78, 5) is 12.7. The summed E-state index contributed by atoms with van der Waals surface area (Å²) in [5.74, 6) is 0. The number of benzene rings is 2. The standard InChI is InChI=1S/C17H12Br3ClN2O2/c18-17(19,20)16-14-4-2-1-3-11(14)7-8-22(16)10-12-9-13(23(24)25)5-6-15(12)21/h1-9,16H,10H2/t16-/m1/s1. The summed E-state index contributed by atoms with van der Waals surface area (Å²) in [7, 11) is 0. The molecular formula is C17H12Br3ClN2O2. The Balaban J connectivity index is 2.00. The zero-order valence-electron chi connectivity index (χ0n) is 12.7. The van der Waals surface area contributed by atoms with Crippen LogP contribution >= 0.6 is 59.4 Å². The summed E-state index contributed by atoms with van der Waals surface area (Å²) >= 11 is 17.2. The van der Waals surface area contributed by atoms with Gasteiger partial charge in [-0.2, -0.15) is 0 Å². The molecule has 0 bridgehead atoms. The van der Waals surface area contributed by atoms with E-state index in [-0.39, 0.29) is 11.7 Å². The van der Waals surface area contributed by atoms with Crippen LogP contribution < -0.4 is 0 Å². The molecule has 0 saturated carbocycles. The number of alkyl halides is 3. The number of nitro benzene ring substituents is 1. The van der Waals surface area contributed by atoms with Crippen molar-refractivity contribution in [2.75, 3.05) is 0 Å². The molecule has 0 unspecified atom stereocenters. The van der Waals surface area contributed by atoms with E-state index in [2.05, 4.69) is 64.8 Å². The van der Waals surface area contributed by atoms with E-state index in [1.54, 1.807) is 6.07 Å². The van der Waals surface area contributed by atoms with Gasteiger partial charge in [-0.3, -0.25) is 10.1 Å². The van der Waals surface area contributed by atoms with Crippen LogP contribution in [0.25, 0.3) is 6.08 Å². The molecule has 0 saturated heterocycles. The minimum absolute atomic E-state index is 0.0279. The summed E-state index contributed by atoms with van der Waals surface area (Å²) in [6.45, 7) is 0.431. The van der Waals surface area contributed by atoms with E-state index in [1.165, 1.54) is 12.1 Å². The summed E-state index contributed by atoms with van der Waals surface area (Å²) in [5, 5.41) is 11.6. The van der Waals surface area contributed by atoms with Gasteiger partial charge >= 0.3 is 0 Å². The number of hydrogen-bond acceptors (Lipinski definition) is 3. The zero-order valence-corrected chi connectivity index (χ0v) is 18.2. The smallest absolute Gasteiger partial charge is 0.269 e. The first-order chi connectivity index (χ1) is 11.8. The van der Waals surface area contributed by atoms with Crippen LogP contribution in [0.4, 0.5) is 5.69 Å². The molecule has 0 N–H and O–H groups in total. The SMILES string of the molecule is O=[N+]([O-])c1ccc(Cl)c(CN2C=Cc3ccccc3[C@@H]2C(Br)(Br)Br)c1. The fraction of sp³-hybridized carbons (Fsp3) is 0.176. The average Bonchev–Trinajstić information content (AvgIpc) is 2.55. The molecule has 0 amide bonds. The number of non-ortho nitro benzene ring substituents is 1. The lowest BCUT2D eigenvalue weighted by molar-refractivity contribution is -0.384. The van der Waals surface area contributed by atoms with Crippen LogP contribution in [0.15, 0.2) is 48.7 Å². The number of fused-ring (bicyclic) bond motifs is 1. The van der Waals surface area contributed by atoms with Gasteiger partial charge in [-0.25, -0.2) is 0 Å². The Hall–Kier alpha value is -0.890. The van der Waals surface area contributed by atoms with E-state index in [0.29, 0.717) is 17.1 Å². The molecule has 130 valence electrons. The van der Waals surface area contributed by atoms with Crippen molar-refractivity contribution in [2.45, 2.75) is 14.7 Å². The van der Waals surface area contributed by atoms with E-state index in [9.17, 15) is 10.1 Å². The molecule has 25 heavy (non-hydrogen) atoms. The second kappa shape index (κ2) is 7.39. The molecule has 1 atom stereocenters. The van der Waals surface area contributed by atoms with Crippen molar-refractivity contribution in [3.63, 3.8) is 0 Å². The van der Waals surface area contributed by atoms with E-state index >= 15 is 0 Å². The van der Waals surface area contributed by atoms with Gasteiger partial charge < -0.3 is 4.90 Å². The van der Waals surface area contributed by atoms with Gasteiger partial charge in [-0.1, -0.05) is 83.7 Å². The minimum atomic E-state index is -0.568. The zero-order chi connectivity index (χ0) is 18.2. The van der Waals surface area contributed by atoms with Gasteiger partial charge in [0.15, 0.2) is 2.14 Å². The number of halogens is 4. The summed E-state index contributed by atoms with van der Waals surface area (Å²) < 4.78 is -0.568. The van der Waals surface area contributed by atoms with Gasteiger partial charge in [-0.05, 0) is 28.8 Å². The number of nitrogens with zero attached hydrogens (tertiary/aromatic N) is 2. The van der Waals surface area contributed by atoms with Crippen molar-refractivity contribution >= 4 is 71.2 Å². The van der Waals surface area contributed by atoms with Crippen molar-refractivity contribution in [1.29, 1.82) is 0 Å². The first-order valence-corrected chi connectivity index (χ1v) is 10.1. The summed E-state index contributed by atoms with van der Waals surface area (Å²) in [5.41, 5.74) is 2.97. The molecule has 0 fully saturated rings. The van der Waals surface area contributed by atoms with Crippen molar-refractivity contribution in [3.8, 4) is 0 Å². The molecule has 0 aliphatic carbocycles. The maximum absolute atomic E-state index is 11.1. The molecular weight excluding hydrogens is 539 g/mol. The highest BCUT2D eigenvalue weighted by atomic mass is 80.0. The Morgan fingerprint density at radius 2 is 1.92 bits per heavy atom. The van der Waals surface area contributed by atoms with Crippen molar-refractivity contribution < 1.29 is 4.92 Å². The van der Waals surface area contributed by atoms with Crippen LogP contribution in [0, 0.1) is 10.1 Å². The van der Waals surface area contributed by atoms with E-state index < -0.39 is 7.07 Å². The Bertz CT molecular complexity index is 852. The highest BCUT2D eigenvalue weighted by molar-refractivity contribution is 9.39. The molecule has 2 aromatic rings. The fourth-order valence-corrected chi connectivity index (χ4v) is 4.56. The second-order valence-electron chi connectivity index (χ2n) is 5.59. The molecule has 1 heterocycles. The van der Waals surface area contributed by atoms with Crippen LogP contribution in [0.2, 0.25) is 5.02 Å². The number of rotatable bonds is 3. The predicted octanol–water partition coefficient (Wildman–Crippen LogP) is 6.61. The lowest BCUT2D eigenvalue weighted by Crippen LogP contribution is -2.34. The van der Waals surface area contributed by atoms with Crippen LogP contribution in [0.1, 0.15) is 22.7 Å². The maximum Gasteiger partial charge on any atom is 0.269 e. The van der Waals surface area contributed by atoms with Gasteiger partial charge in [0.1, 0.15) is 0 Å². The predicted molar refractivity (Wildman–Crippen MR) is 111 cm³/mol. The van der Waals surface area contributed by atoms with Gasteiger partial charge in [0.25, 0.3) is 5.69 Å². The second-order valence-corrected chi connectivity index (χ2v) is 12.9. The van der Waals surface area contributed by atoms with Crippen LogP contribution in [-0.4, -0.2) is 12.0 Å². The molecule has 0 aromatic heterocycles. The van der Waals surface area contributed by atoms with Crippen molar-refractivity contribution in [1.82, 2.24) is 4.90 Å². The molecule has 4 nitrogen and oxygen atoms in total. The largest absolute Gasteiger partial charge is 0.363 e. The summed E-state index contributed by atoms with van der Waals surface area (Å²) in [6.07, 6.45) is 4.00. The molecule has 0 spiro atoms. The highest BCUT2D eigenvalue weighted by Crippen LogP contribution is 2.51. The van der Waals surface area contributed by atoms with Gasteiger partial charge in [-0.15, -0.1) is 0 Å².